The van der Waals surface area contributed by atoms with Gasteiger partial charge in [-0.2, -0.15) is 0 Å². The van der Waals surface area contributed by atoms with Crippen molar-refractivity contribution in [2.24, 2.45) is 0 Å². The molecule has 17 heavy (non-hydrogen) atoms. The van der Waals surface area contributed by atoms with Gasteiger partial charge in [0.2, 0.25) is 5.03 Å². The number of rotatable bonds is 2. The molecule has 1 aromatic heterocycles. The van der Waals surface area contributed by atoms with Gasteiger partial charge in [-0.3, -0.25) is 0 Å². The number of nitrogens with zero attached hydrogens (tertiary/aromatic N) is 1. The number of ether oxygens (including phenoxy) is 1. The molecule has 0 atom stereocenters. The number of nitrogens with two attached hydrogens (primary N) is 1. The van der Waals surface area contributed by atoms with Gasteiger partial charge in [-0.15, -0.1) is 13.2 Å². The second-order valence-corrected chi connectivity index (χ2v) is 5.12. The van der Waals surface area contributed by atoms with E-state index in [2.05, 4.69) is 9.72 Å². The molecular weight excluding hydrogens is 292 g/mol. The number of aromatic nitrogens is 1. The third kappa shape index (κ3) is 3.33. The van der Waals surface area contributed by atoms with E-state index in [9.17, 15) is 26.0 Å². The van der Waals surface area contributed by atoms with Gasteiger partial charge in [-0.1, -0.05) is 0 Å². The van der Waals surface area contributed by atoms with Crippen molar-refractivity contribution >= 4 is 25.4 Å². The Morgan fingerprint density at radius 2 is 1.94 bits per heavy atom. The first-order valence-corrected chi connectivity index (χ1v) is 5.97. The molecule has 0 saturated heterocycles. The normalized spacial score (nSPS) is 12.5. The molecule has 0 aliphatic heterocycles. The SMILES string of the molecule is Nc1c(F)cnc(S(=O)(=O)Cl)c1OC(F)(F)F. The van der Waals surface area contributed by atoms with Gasteiger partial charge in [0.25, 0.3) is 9.05 Å². The van der Waals surface area contributed by atoms with Crippen LogP contribution in [0.1, 0.15) is 0 Å². The van der Waals surface area contributed by atoms with E-state index >= 15 is 0 Å². The maximum Gasteiger partial charge on any atom is 0.573 e. The molecule has 0 unspecified atom stereocenters. The Hall–Kier alpha value is -1.29. The van der Waals surface area contributed by atoms with Gasteiger partial charge in [-0.25, -0.2) is 17.8 Å². The largest absolute Gasteiger partial charge is 0.573 e. The molecule has 5 nitrogen and oxygen atoms in total. The van der Waals surface area contributed by atoms with Crippen LogP contribution in [0.5, 0.6) is 5.75 Å². The van der Waals surface area contributed by atoms with Crippen LogP contribution in [-0.4, -0.2) is 19.8 Å². The highest BCUT2D eigenvalue weighted by Crippen LogP contribution is 2.36. The molecule has 2 N–H and O–H groups in total. The molecule has 0 aliphatic rings. The van der Waals surface area contributed by atoms with Gasteiger partial charge in [0, 0.05) is 10.7 Å². The lowest BCUT2D eigenvalue weighted by Gasteiger charge is -2.13. The second-order valence-electron chi connectivity index (χ2n) is 2.64. The van der Waals surface area contributed by atoms with Crippen molar-refractivity contribution in [3.05, 3.63) is 12.0 Å². The highest BCUT2D eigenvalue weighted by molar-refractivity contribution is 8.13. The summed E-state index contributed by atoms with van der Waals surface area (Å²) in [7, 11) is 0.146. The highest BCUT2D eigenvalue weighted by atomic mass is 35.7. The standard InChI is InChI=1S/C6H3ClF4N2O3S/c7-17(14,15)5-4(16-6(9,10)11)3(12)2(8)1-13-5/h1H,(H2,12,13). The van der Waals surface area contributed by atoms with Crippen LogP contribution in [-0.2, 0) is 9.05 Å². The number of anilines is 1. The first-order chi connectivity index (χ1) is 7.52. The number of hydrogen-bond acceptors (Lipinski definition) is 5. The highest BCUT2D eigenvalue weighted by Gasteiger charge is 2.36. The Balaban J connectivity index is 3.48. The molecule has 0 saturated carbocycles. The predicted octanol–water partition coefficient (Wildman–Crippen LogP) is 1.63. The van der Waals surface area contributed by atoms with Crippen molar-refractivity contribution in [2.75, 3.05) is 5.73 Å². The molecule has 0 aromatic carbocycles. The van der Waals surface area contributed by atoms with Crippen molar-refractivity contribution < 1.29 is 30.7 Å². The zero-order chi connectivity index (χ0) is 13.4. The van der Waals surface area contributed by atoms with Crippen LogP contribution >= 0.6 is 10.7 Å². The molecule has 0 amide bonds. The van der Waals surface area contributed by atoms with Crippen LogP contribution < -0.4 is 10.5 Å². The molecule has 0 fully saturated rings. The number of alkyl halides is 3. The minimum atomic E-state index is -5.26. The van der Waals surface area contributed by atoms with Gasteiger partial charge in [0.1, 0.15) is 5.69 Å². The molecular formula is C6H3ClF4N2O3S. The summed E-state index contributed by atoms with van der Waals surface area (Å²) < 4.78 is 73.8. The Kier molecular flexibility index (Phi) is 3.39. The maximum absolute atomic E-state index is 12.8. The summed E-state index contributed by atoms with van der Waals surface area (Å²) in [6.07, 6.45) is -4.95. The number of pyridine rings is 1. The molecule has 0 radical (unpaired) electrons. The van der Waals surface area contributed by atoms with Crippen molar-refractivity contribution in [3.63, 3.8) is 0 Å². The second kappa shape index (κ2) is 4.18. The fourth-order valence-electron chi connectivity index (χ4n) is 0.855. The summed E-state index contributed by atoms with van der Waals surface area (Å²) in [5.41, 5.74) is 3.77. The molecule has 0 spiro atoms. The van der Waals surface area contributed by atoms with E-state index in [1.165, 1.54) is 0 Å². The van der Waals surface area contributed by atoms with Crippen LogP contribution in [0.2, 0.25) is 0 Å². The lowest BCUT2D eigenvalue weighted by Crippen LogP contribution is -2.20. The average molecular weight is 295 g/mol. The Morgan fingerprint density at radius 3 is 2.35 bits per heavy atom. The fourth-order valence-corrected chi connectivity index (χ4v) is 1.74. The Morgan fingerprint density at radius 1 is 1.41 bits per heavy atom. The zero-order valence-electron chi connectivity index (χ0n) is 7.62. The zero-order valence-corrected chi connectivity index (χ0v) is 9.20. The van der Waals surface area contributed by atoms with Gasteiger partial charge in [0.05, 0.1) is 6.20 Å². The van der Waals surface area contributed by atoms with E-state index in [1.807, 2.05) is 0 Å². The van der Waals surface area contributed by atoms with Crippen LogP contribution in [0.4, 0.5) is 23.2 Å². The van der Waals surface area contributed by atoms with Gasteiger partial charge >= 0.3 is 6.36 Å². The van der Waals surface area contributed by atoms with E-state index < -0.39 is 37.7 Å². The van der Waals surface area contributed by atoms with Gasteiger partial charge in [0.15, 0.2) is 11.6 Å². The summed E-state index contributed by atoms with van der Waals surface area (Å²) in [5, 5.41) is -1.31. The first kappa shape index (κ1) is 13.8. The average Bonchev–Trinajstić information content (AvgIpc) is 2.08. The van der Waals surface area contributed by atoms with Crippen LogP contribution in [0.3, 0.4) is 0 Å². The van der Waals surface area contributed by atoms with E-state index in [0.29, 0.717) is 6.20 Å². The van der Waals surface area contributed by atoms with Crippen molar-refractivity contribution in [2.45, 2.75) is 11.4 Å². The molecule has 1 heterocycles. The minimum Gasteiger partial charge on any atom is -0.400 e. The maximum atomic E-state index is 12.8. The number of hydrogen-bond donors (Lipinski definition) is 1. The molecule has 0 aliphatic carbocycles. The van der Waals surface area contributed by atoms with E-state index in [-0.39, 0.29) is 0 Å². The van der Waals surface area contributed by atoms with Gasteiger partial charge < -0.3 is 10.5 Å². The summed E-state index contributed by atoms with van der Waals surface area (Å²) in [4.78, 5) is 2.89. The minimum absolute atomic E-state index is 0.313. The fraction of sp³-hybridized carbons (Fsp3) is 0.167. The molecule has 11 heteroatoms. The number of halogens is 5. The quantitative estimate of drug-likeness (QED) is 0.662. The topological polar surface area (TPSA) is 82.3 Å². The van der Waals surface area contributed by atoms with Crippen LogP contribution in [0, 0.1) is 5.82 Å². The summed E-state index contributed by atoms with van der Waals surface area (Å²) in [6, 6.07) is 0. The van der Waals surface area contributed by atoms with E-state index in [0.717, 1.165) is 0 Å². The first-order valence-electron chi connectivity index (χ1n) is 3.67. The summed E-state index contributed by atoms with van der Waals surface area (Å²) >= 11 is 0. The molecule has 96 valence electrons. The van der Waals surface area contributed by atoms with Crippen molar-refractivity contribution in [1.82, 2.24) is 4.98 Å². The lowest BCUT2D eigenvalue weighted by molar-refractivity contribution is -0.275. The summed E-state index contributed by atoms with van der Waals surface area (Å²) in [6.45, 7) is 0. The molecule has 1 aromatic rings. The number of nitrogen functional groups attached to an aromatic ring is 1. The molecule has 1 rings (SSSR count). The van der Waals surface area contributed by atoms with E-state index in [4.69, 9.17) is 16.4 Å². The van der Waals surface area contributed by atoms with Crippen molar-refractivity contribution in [3.8, 4) is 5.75 Å². The third-order valence-electron chi connectivity index (χ3n) is 1.44. The third-order valence-corrected chi connectivity index (χ3v) is 2.63. The monoisotopic (exact) mass is 294 g/mol. The Labute approximate surface area is 96.6 Å². The van der Waals surface area contributed by atoms with Crippen LogP contribution in [0.25, 0.3) is 0 Å². The smallest absolute Gasteiger partial charge is 0.400 e. The lowest BCUT2D eigenvalue weighted by atomic mass is 10.4. The predicted molar refractivity (Wildman–Crippen MR) is 48.3 cm³/mol. The van der Waals surface area contributed by atoms with Gasteiger partial charge in [-0.05, 0) is 0 Å². The molecule has 0 bridgehead atoms. The van der Waals surface area contributed by atoms with Crippen LogP contribution in [0.15, 0.2) is 11.2 Å². The Bertz CT molecular complexity index is 545. The van der Waals surface area contributed by atoms with Crippen molar-refractivity contribution in [1.29, 1.82) is 0 Å². The van der Waals surface area contributed by atoms with E-state index in [1.54, 1.807) is 0 Å². The summed E-state index contributed by atoms with van der Waals surface area (Å²) in [5.74, 6) is -2.86.